The fraction of sp³-hybridized carbons (Fsp3) is 0.130. The Kier molecular flexibility index (Phi) is 6.84. The second kappa shape index (κ2) is 9.94. The van der Waals surface area contributed by atoms with Crippen LogP contribution in [0.4, 0.5) is 0 Å². The van der Waals surface area contributed by atoms with Gasteiger partial charge in [-0.15, -0.1) is 0 Å². The van der Waals surface area contributed by atoms with E-state index < -0.39 is 0 Å². The summed E-state index contributed by atoms with van der Waals surface area (Å²) in [6.45, 7) is 0.538. The third-order valence-electron chi connectivity index (χ3n) is 4.19. The molecule has 2 N–H and O–H groups in total. The van der Waals surface area contributed by atoms with E-state index in [1.165, 1.54) is 36.0 Å². The molecule has 0 aliphatic rings. The minimum Gasteiger partial charge on any atom is -0.508 e. The molecule has 0 unspecified atom stereocenters. The van der Waals surface area contributed by atoms with Crippen molar-refractivity contribution in [1.82, 2.24) is 5.43 Å². The van der Waals surface area contributed by atoms with Crippen molar-refractivity contribution in [1.29, 1.82) is 0 Å². The Labute approximate surface area is 169 Å². The summed E-state index contributed by atoms with van der Waals surface area (Å²) >= 11 is 0. The molecule has 0 saturated heterocycles. The van der Waals surface area contributed by atoms with Gasteiger partial charge in [-0.3, -0.25) is 4.79 Å². The topological polar surface area (TPSA) is 80.2 Å². The number of amides is 1. The van der Waals surface area contributed by atoms with E-state index in [9.17, 15) is 9.90 Å². The SMILES string of the molecule is COc1cc(/C=N/NC(=O)c2ccc(O)cc2)ccc1OCCc1ccccc1. The van der Waals surface area contributed by atoms with Gasteiger partial charge in [-0.05, 0) is 53.6 Å². The standard InChI is InChI=1S/C23H22N2O4/c1-28-22-15-18(16-24-25-23(27)19-8-10-20(26)11-9-19)7-12-21(22)29-14-13-17-5-3-2-4-6-17/h2-12,15-16,26H,13-14H2,1H3,(H,25,27)/b24-16+. The molecule has 0 aliphatic carbocycles. The molecule has 0 fully saturated rings. The maximum atomic E-state index is 12.0. The van der Waals surface area contributed by atoms with Gasteiger partial charge < -0.3 is 14.6 Å². The number of carbonyl (C=O) groups excluding carboxylic acids is 1. The lowest BCUT2D eigenvalue weighted by molar-refractivity contribution is 0.0955. The van der Waals surface area contributed by atoms with Crippen LogP contribution in [0.15, 0.2) is 77.9 Å². The van der Waals surface area contributed by atoms with Crippen LogP contribution in [0.25, 0.3) is 0 Å². The quantitative estimate of drug-likeness (QED) is 0.453. The first-order chi connectivity index (χ1) is 14.2. The molecular formula is C23H22N2O4. The Morgan fingerprint density at radius 1 is 1.03 bits per heavy atom. The van der Waals surface area contributed by atoms with E-state index in [2.05, 4.69) is 22.7 Å². The highest BCUT2D eigenvalue weighted by atomic mass is 16.5. The Hall–Kier alpha value is -3.80. The maximum absolute atomic E-state index is 12.0. The van der Waals surface area contributed by atoms with Crippen LogP contribution in [-0.4, -0.2) is 30.9 Å². The van der Waals surface area contributed by atoms with E-state index in [1.807, 2.05) is 30.3 Å². The second-order valence-electron chi connectivity index (χ2n) is 6.24. The first-order valence-corrected chi connectivity index (χ1v) is 9.13. The van der Waals surface area contributed by atoms with Gasteiger partial charge in [0.25, 0.3) is 5.91 Å². The summed E-state index contributed by atoms with van der Waals surface area (Å²) < 4.78 is 11.2. The van der Waals surface area contributed by atoms with Crippen LogP contribution < -0.4 is 14.9 Å². The van der Waals surface area contributed by atoms with Gasteiger partial charge >= 0.3 is 0 Å². The largest absolute Gasteiger partial charge is 0.508 e. The predicted molar refractivity (Wildman–Crippen MR) is 112 cm³/mol. The number of nitrogens with one attached hydrogen (secondary N) is 1. The molecule has 0 atom stereocenters. The van der Waals surface area contributed by atoms with Crippen LogP contribution in [0.5, 0.6) is 17.2 Å². The summed E-state index contributed by atoms with van der Waals surface area (Å²) in [5, 5.41) is 13.2. The molecule has 29 heavy (non-hydrogen) atoms. The van der Waals surface area contributed by atoms with Gasteiger partial charge in [-0.25, -0.2) is 5.43 Å². The molecule has 148 valence electrons. The first kappa shape index (κ1) is 19.9. The zero-order valence-electron chi connectivity index (χ0n) is 16.0. The maximum Gasteiger partial charge on any atom is 0.271 e. The van der Waals surface area contributed by atoms with E-state index in [0.29, 0.717) is 23.7 Å². The highest BCUT2D eigenvalue weighted by Gasteiger charge is 2.06. The number of rotatable bonds is 8. The van der Waals surface area contributed by atoms with E-state index in [4.69, 9.17) is 9.47 Å². The molecular weight excluding hydrogens is 368 g/mol. The number of phenols is 1. The zero-order chi connectivity index (χ0) is 20.5. The number of methoxy groups -OCH3 is 1. The third kappa shape index (κ3) is 5.84. The molecule has 1 amide bonds. The number of benzene rings is 3. The Bertz CT molecular complexity index is 970. The molecule has 0 aliphatic heterocycles. The van der Waals surface area contributed by atoms with Gasteiger partial charge in [0.05, 0.1) is 19.9 Å². The van der Waals surface area contributed by atoms with Crippen molar-refractivity contribution in [3.8, 4) is 17.2 Å². The average molecular weight is 390 g/mol. The van der Waals surface area contributed by atoms with Gasteiger partial charge in [0.15, 0.2) is 11.5 Å². The molecule has 6 heteroatoms. The van der Waals surface area contributed by atoms with Crippen LogP contribution in [0, 0.1) is 0 Å². The monoisotopic (exact) mass is 390 g/mol. The lowest BCUT2D eigenvalue weighted by Crippen LogP contribution is -2.17. The van der Waals surface area contributed by atoms with E-state index >= 15 is 0 Å². The molecule has 3 rings (SSSR count). The van der Waals surface area contributed by atoms with Crippen LogP contribution in [0.2, 0.25) is 0 Å². The van der Waals surface area contributed by atoms with Crippen LogP contribution in [0.3, 0.4) is 0 Å². The van der Waals surface area contributed by atoms with Crippen LogP contribution >= 0.6 is 0 Å². The smallest absolute Gasteiger partial charge is 0.271 e. The first-order valence-electron chi connectivity index (χ1n) is 9.13. The van der Waals surface area contributed by atoms with Crippen molar-refractivity contribution < 1.29 is 19.4 Å². The number of hydrogen-bond donors (Lipinski definition) is 2. The summed E-state index contributed by atoms with van der Waals surface area (Å²) in [6, 6.07) is 21.5. The predicted octanol–water partition coefficient (Wildman–Crippen LogP) is 3.79. The van der Waals surface area contributed by atoms with Crippen LogP contribution in [-0.2, 0) is 6.42 Å². The molecule has 0 radical (unpaired) electrons. The van der Waals surface area contributed by atoms with E-state index in [0.717, 1.165) is 12.0 Å². The molecule has 0 heterocycles. The number of phenolic OH excluding ortho intramolecular Hbond substituents is 1. The number of aromatic hydroxyl groups is 1. The molecule has 0 spiro atoms. The Balaban J connectivity index is 1.56. The molecule has 6 nitrogen and oxygen atoms in total. The lowest BCUT2D eigenvalue weighted by atomic mass is 10.2. The van der Waals surface area contributed by atoms with Crippen molar-refractivity contribution >= 4 is 12.1 Å². The number of nitrogens with zero attached hydrogens (tertiary/aromatic N) is 1. The molecule has 0 bridgehead atoms. The van der Waals surface area contributed by atoms with Crippen molar-refractivity contribution in [3.63, 3.8) is 0 Å². The van der Waals surface area contributed by atoms with Crippen molar-refractivity contribution in [2.24, 2.45) is 5.10 Å². The number of hydrogen-bond acceptors (Lipinski definition) is 5. The normalized spacial score (nSPS) is 10.7. The highest BCUT2D eigenvalue weighted by molar-refractivity contribution is 5.95. The van der Waals surface area contributed by atoms with Gasteiger partial charge in [0.1, 0.15) is 5.75 Å². The van der Waals surface area contributed by atoms with Gasteiger partial charge in [-0.2, -0.15) is 5.10 Å². The zero-order valence-corrected chi connectivity index (χ0v) is 16.0. The minimum atomic E-state index is -0.367. The molecule has 0 aromatic heterocycles. The molecule has 3 aromatic rings. The fourth-order valence-electron chi connectivity index (χ4n) is 2.65. The average Bonchev–Trinajstić information content (AvgIpc) is 2.75. The van der Waals surface area contributed by atoms with Crippen molar-refractivity contribution in [3.05, 3.63) is 89.5 Å². The van der Waals surface area contributed by atoms with E-state index in [-0.39, 0.29) is 11.7 Å². The molecule has 0 saturated carbocycles. The lowest BCUT2D eigenvalue weighted by Gasteiger charge is -2.11. The van der Waals surface area contributed by atoms with E-state index in [1.54, 1.807) is 13.2 Å². The van der Waals surface area contributed by atoms with Crippen LogP contribution in [0.1, 0.15) is 21.5 Å². The minimum absolute atomic E-state index is 0.100. The fourth-order valence-corrected chi connectivity index (χ4v) is 2.65. The second-order valence-corrected chi connectivity index (χ2v) is 6.24. The summed E-state index contributed by atoms with van der Waals surface area (Å²) in [5.41, 5.74) is 4.81. The number of hydrazone groups is 1. The van der Waals surface area contributed by atoms with Gasteiger partial charge in [0.2, 0.25) is 0 Å². The summed E-state index contributed by atoms with van der Waals surface area (Å²) in [5.74, 6) is 0.970. The third-order valence-corrected chi connectivity index (χ3v) is 4.19. The van der Waals surface area contributed by atoms with Crippen molar-refractivity contribution in [2.45, 2.75) is 6.42 Å². The molecule has 3 aromatic carbocycles. The summed E-state index contributed by atoms with van der Waals surface area (Å²) in [7, 11) is 1.58. The van der Waals surface area contributed by atoms with Gasteiger partial charge in [0, 0.05) is 12.0 Å². The van der Waals surface area contributed by atoms with Crippen molar-refractivity contribution in [2.75, 3.05) is 13.7 Å². The highest BCUT2D eigenvalue weighted by Crippen LogP contribution is 2.27. The number of ether oxygens (including phenoxy) is 2. The van der Waals surface area contributed by atoms with Gasteiger partial charge in [-0.1, -0.05) is 30.3 Å². The summed E-state index contributed by atoms with van der Waals surface area (Å²) in [6.07, 6.45) is 2.32. The Morgan fingerprint density at radius 2 is 1.79 bits per heavy atom. The Morgan fingerprint density at radius 3 is 2.52 bits per heavy atom. The summed E-state index contributed by atoms with van der Waals surface area (Å²) in [4.78, 5) is 12.0. The number of carbonyl (C=O) groups is 1.